The van der Waals surface area contributed by atoms with E-state index in [1.807, 2.05) is 6.07 Å². The van der Waals surface area contributed by atoms with Crippen LogP contribution in [0.15, 0.2) is 18.3 Å². The molecule has 0 aliphatic carbocycles. The fraction of sp³-hybridized carbons (Fsp3) is 0.538. The summed E-state index contributed by atoms with van der Waals surface area (Å²) < 4.78 is 0. The van der Waals surface area contributed by atoms with Crippen LogP contribution in [-0.4, -0.2) is 37.1 Å². The lowest BCUT2D eigenvalue weighted by Crippen LogP contribution is -2.34. The van der Waals surface area contributed by atoms with E-state index in [0.717, 1.165) is 44.0 Å². The normalized spacial score (nSPS) is 16.3. The molecule has 2 N–H and O–H groups in total. The molecule has 5 heteroatoms. The van der Waals surface area contributed by atoms with Crippen LogP contribution in [0.25, 0.3) is 0 Å². The molecule has 1 saturated heterocycles. The Morgan fingerprint density at radius 1 is 1.56 bits per heavy atom. The number of aromatic nitrogens is 1. The van der Waals surface area contributed by atoms with E-state index in [-0.39, 0.29) is 5.91 Å². The van der Waals surface area contributed by atoms with Gasteiger partial charge in [0.2, 0.25) is 5.91 Å². The van der Waals surface area contributed by atoms with E-state index in [4.69, 9.17) is 0 Å². The molecule has 0 aromatic carbocycles. The number of hydrogen-bond acceptors (Lipinski definition) is 4. The number of rotatable bonds is 4. The van der Waals surface area contributed by atoms with Gasteiger partial charge in [-0.1, -0.05) is 13.0 Å². The van der Waals surface area contributed by atoms with E-state index >= 15 is 0 Å². The number of carbonyl (C=O) groups excluding carboxylic acids is 1. The first-order valence-corrected chi connectivity index (χ1v) is 6.47. The summed E-state index contributed by atoms with van der Waals surface area (Å²) in [5, 5.41) is 6.19. The number of hydrogen-bond donors (Lipinski definition) is 2. The molecular weight excluding hydrogens is 228 g/mol. The Hall–Kier alpha value is -1.62. The molecule has 0 atom stereocenters. The minimum Gasteiger partial charge on any atom is -0.354 e. The molecular formula is C13H20N4O. The van der Waals surface area contributed by atoms with Crippen LogP contribution in [0, 0.1) is 0 Å². The lowest BCUT2D eigenvalue weighted by atomic mass is 10.2. The van der Waals surface area contributed by atoms with Gasteiger partial charge in [0.05, 0.1) is 6.54 Å². The van der Waals surface area contributed by atoms with Gasteiger partial charge < -0.3 is 15.5 Å². The van der Waals surface area contributed by atoms with Crippen molar-refractivity contribution in [1.82, 2.24) is 15.6 Å². The summed E-state index contributed by atoms with van der Waals surface area (Å²) in [6, 6.07) is 4.00. The summed E-state index contributed by atoms with van der Waals surface area (Å²) in [5.41, 5.74) is 1.15. The molecule has 1 aromatic heterocycles. The molecule has 1 fully saturated rings. The van der Waals surface area contributed by atoms with Crippen molar-refractivity contribution < 1.29 is 4.79 Å². The van der Waals surface area contributed by atoms with E-state index in [1.165, 1.54) is 0 Å². The SMILES string of the molecule is CCNCc1cccnc1N1CCCNC(=O)C1. The first-order valence-electron chi connectivity index (χ1n) is 6.47. The second-order valence-corrected chi connectivity index (χ2v) is 4.39. The van der Waals surface area contributed by atoms with Crippen molar-refractivity contribution in [3.63, 3.8) is 0 Å². The number of anilines is 1. The predicted octanol–water partition coefficient (Wildman–Crippen LogP) is 0.517. The average Bonchev–Trinajstić information content (AvgIpc) is 2.61. The fourth-order valence-electron chi connectivity index (χ4n) is 2.10. The zero-order chi connectivity index (χ0) is 12.8. The minimum atomic E-state index is 0.0764. The van der Waals surface area contributed by atoms with Crippen molar-refractivity contribution in [1.29, 1.82) is 0 Å². The molecule has 1 aromatic rings. The highest BCUT2D eigenvalue weighted by Crippen LogP contribution is 2.17. The summed E-state index contributed by atoms with van der Waals surface area (Å²) in [4.78, 5) is 18.1. The van der Waals surface area contributed by atoms with E-state index in [0.29, 0.717) is 6.54 Å². The van der Waals surface area contributed by atoms with Crippen molar-refractivity contribution in [2.24, 2.45) is 0 Å². The van der Waals surface area contributed by atoms with Gasteiger partial charge in [-0.2, -0.15) is 0 Å². The molecule has 0 bridgehead atoms. The molecule has 5 nitrogen and oxygen atoms in total. The Bertz CT molecular complexity index is 408. The number of amides is 1. The molecule has 0 spiro atoms. The predicted molar refractivity (Wildman–Crippen MR) is 71.5 cm³/mol. The Kier molecular flexibility index (Phi) is 4.52. The molecule has 0 radical (unpaired) electrons. The number of nitrogens with one attached hydrogen (secondary N) is 2. The molecule has 98 valence electrons. The van der Waals surface area contributed by atoms with Gasteiger partial charge in [0.15, 0.2) is 0 Å². The van der Waals surface area contributed by atoms with Crippen molar-refractivity contribution in [3.05, 3.63) is 23.9 Å². The lowest BCUT2D eigenvalue weighted by Gasteiger charge is -2.22. The largest absolute Gasteiger partial charge is 0.354 e. The van der Waals surface area contributed by atoms with E-state index in [1.54, 1.807) is 6.20 Å². The van der Waals surface area contributed by atoms with Gasteiger partial charge in [-0.3, -0.25) is 4.79 Å². The van der Waals surface area contributed by atoms with Crippen LogP contribution >= 0.6 is 0 Å². The minimum absolute atomic E-state index is 0.0764. The number of pyridine rings is 1. The molecule has 0 saturated carbocycles. The second kappa shape index (κ2) is 6.35. The topological polar surface area (TPSA) is 57.3 Å². The van der Waals surface area contributed by atoms with Crippen LogP contribution in [0.5, 0.6) is 0 Å². The molecule has 18 heavy (non-hydrogen) atoms. The second-order valence-electron chi connectivity index (χ2n) is 4.39. The fourth-order valence-corrected chi connectivity index (χ4v) is 2.10. The van der Waals surface area contributed by atoms with Gasteiger partial charge in [0.1, 0.15) is 5.82 Å². The maximum Gasteiger partial charge on any atom is 0.239 e. The first-order chi connectivity index (χ1) is 8.81. The maximum atomic E-state index is 11.6. The molecule has 2 rings (SSSR count). The maximum absolute atomic E-state index is 11.6. The van der Waals surface area contributed by atoms with Crippen molar-refractivity contribution in [2.75, 3.05) is 31.1 Å². The summed E-state index contributed by atoms with van der Waals surface area (Å²) in [5.74, 6) is 1.00. The van der Waals surface area contributed by atoms with Crippen LogP contribution in [0.2, 0.25) is 0 Å². The molecule has 1 aliphatic heterocycles. The van der Waals surface area contributed by atoms with Crippen LogP contribution in [0.1, 0.15) is 18.9 Å². The quantitative estimate of drug-likeness (QED) is 0.815. The third-order valence-electron chi connectivity index (χ3n) is 2.99. The van der Waals surface area contributed by atoms with Crippen LogP contribution in [0.3, 0.4) is 0 Å². The van der Waals surface area contributed by atoms with Crippen molar-refractivity contribution >= 4 is 11.7 Å². The van der Waals surface area contributed by atoms with Gasteiger partial charge >= 0.3 is 0 Å². The van der Waals surface area contributed by atoms with E-state index < -0.39 is 0 Å². The van der Waals surface area contributed by atoms with E-state index in [2.05, 4.69) is 33.5 Å². The highest BCUT2D eigenvalue weighted by Gasteiger charge is 2.18. The molecule has 1 aliphatic rings. The van der Waals surface area contributed by atoms with Gasteiger partial charge in [-0.05, 0) is 19.0 Å². The highest BCUT2D eigenvalue weighted by atomic mass is 16.2. The molecule has 1 amide bonds. The Balaban J connectivity index is 2.17. The van der Waals surface area contributed by atoms with Crippen LogP contribution in [0.4, 0.5) is 5.82 Å². The Labute approximate surface area is 108 Å². The summed E-state index contributed by atoms with van der Waals surface area (Å²) in [6.45, 7) is 5.82. The zero-order valence-corrected chi connectivity index (χ0v) is 10.8. The summed E-state index contributed by atoms with van der Waals surface area (Å²) >= 11 is 0. The standard InChI is InChI=1S/C13H20N4O/c1-2-14-9-11-5-3-6-16-13(11)17-8-4-7-15-12(18)10-17/h3,5-6,14H,2,4,7-10H2,1H3,(H,15,18). The smallest absolute Gasteiger partial charge is 0.239 e. The third kappa shape index (κ3) is 3.20. The molecule has 2 heterocycles. The Morgan fingerprint density at radius 2 is 2.44 bits per heavy atom. The zero-order valence-electron chi connectivity index (χ0n) is 10.8. The van der Waals surface area contributed by atoms with E-state index in [9.17, 15) is 4.79 Å². The number of carbonyl (C=O) groups is 1. The highest BCUT2D eigenvalue weighted by molar-refractivity contribution is 5.81. The number of nitrogens with zero attached hydrogens (tertiary/aromatic N) is 2. The third-order valence-corrected chi connectivity index (χ3v) is 2.99. The van der Waals surface area contributed by atoms with Crippen molar-refractivity contribution in [3.8, 4) is 0 Å². The van der Waals surface area contributed by atoms with Gasteiger partial charge in [0.25, 0.3) is 0 Å². The first kappa shape index (κ1) is 12.8. The van der Waals surface area contributed by atoms with Gasteiger partial charge in [-0.15, -0.1) is 0 Å². The van der Waals surface area contributed by atoms with Crippen LogP contribution < -0.4 is 15.5 Å². The summed E-state index contributed by atoms with van der Waals surface area (Å²) in [7, 11) is 0. The summed E-state index contributed by atoms with van der Waals surface area (Å²) in [6.07, 6.45) is 2.75. The lowest BCUT2D eigenvalue weighted by molar-refractivity contribution is -0.119. The monoisotopic (exact) mass is 248 g/mol. The molecule has 0 unspecified atom stereocenters. The van der Waals surface area contributed by atoms with Crippen LogP contribution in [-0.2, 0) is 11.3 Å². The van der Waals surface area contributed by atoms with Crippen molar-refractivity contribution in [2.45, 2.75) is 19.9 Å². The van der Waals surface area contributed by atoms with Gasteiger partial charge in [0, 0.05) is 31.4 Å². The average molecular weight is 248 g/mol. The van der Waals surface area contributed by atoms with Gasteiger partial charge in [-0.25, -0.2) is 4.98 Å². The Morgan fingerprint density at radius 3 is 3.28 bits per heavy atom.